The molecule has 0 bridgehead atoms. The molecule has 0 aliphatic carbocycles. The van der Waals surface area contributed by atoms with E-state index in [4.69, 9.17) is 10.5 Å². The minimum atomic E-state index is 0.227. The van der Waals surface area contributed by atoms with Crippen molar-refractivity contribution in [3.05, 3.63) is 24.7 Å². The van der Waals surface area contributed by atoms with Crippen LogP contribution >= 0.6 is 0 Å². The number of nitrogens with zero attached hydrogens (tertiary/aromatic N) is 4. The SMILES string of the molecule is CCn1cc(Oc2nccc(N)n2)cn1. The maximum atomic E-state index is 5.49. The van der Waals surface area contributed by atoms with E-state index in [1.165, 1.54) is 0 Å². The molecule has 6 heteroatoms. The highest BCUT2D eigenvalue weighted by atomic mass is 16.5. The summed E-state index contributed by atoms with van der Waals surface area (Å²) in [7, 11) is 0. The van der Waals surface area contributed by atoms with Gasteiger partial charge in [0.25, 0.3) is 0 Å². The summed E-state index contributed by atoms with van der Waals surface area (Å²) >= 11 is 0. The monoisotopic (exact) mass is 205 g/mol. The van der Waals surface area contributed by atoms with Gasteiger partial charge in [0.2, 0.25) is 0 Å². The molecule has 0 aliphatic rings. The predicted molar refractivity (Wildman–Crippen MR) is 54.4 cm³/mol. The first kappa shape index (κ1) is 9.45. The summed E-state index contributed by atoms with van der Waals surface area (Å²) in [4.78, 5) is 7.83. The molecular formula is C9H11N5O. The third-order valence-corrected chi connectivity index (χ3v) is 1.80. The summed E-state index contributed by atoms with van der Waals surface area (Å²) < 4.78 is 7.11. The number of ether oxygens (including phenoxy) is 1. The van der Waals surface area contributed by atoms with Crippen LogP contribution in [0.4, 0.5) is 5.82 Å². The maximum Gasteiger partial charge on any atom is 0.323 e. The second-order valence-corrected chi connectivity index (χ2v) is 2.90. The van der Waals surface area contributed by atoms with Crippen molar-refractivity contribution in [2.45, 2.75) is 13.5 Å². The number of anilines is 1. The molecule has 0 aliphatic heterocycles. The van der Waals surface area contributed by atoms with Gasteiger partial charge in [0.15, 0.2) is 5.75 Å². The van der Waals surface area contributed by atoms with E-state index in [1.807, 2.05) is 6.92 Å². The highest BCUT2D eigenvalue weighted by Crippen LogP contribution is 2.16. The van der Waals surface area contributed by atoms with Crippen LogP contribution in [0, 0.1) is 0 Å². The second kappa shape index (κ2) is 3.95. The van der Waals surface area contributed by atoms with Gasteiger partial charge in [-0.05, 0) is 13.0 Å². The number of hydrogen-bond acceptors (Lipinski definition) is 5. The van der Waals surface area contributed by atoms with Crippen molar-refractivity contribution in [3.8, 4) is 11.8 Å². The van der Waals surface area contributed by atoms with Gasteiger partial charge in [-0.3, -0.25) is 4.68 Å². The van der Waals surface area contributed by atoms with E-state index in [9.17, 15) is 0 Å². The largest absolute Gasteiger partial charge is 0.421 e. The van der Waals surface area contributed by atoms with Crippen LogP contribution in [0.2, 0.25) is 0 Å². The lowest BCUT2D eigenvalue weighted by molar-refractivity contribution is 0.442. The molecule has 2 rings (SSSR count). The van der Waals surface area contributed by atoms with Gasteiger partial charge in [0.05, 0.1) is 12.4 Å². The second-order valence-electron chi connectivity index (χ2n) is 2.90. The number of aromatic nitrogens is 4. The van der Waals surface area contributed by atoms with Crippen LogP contribution in [0.5, 0.6) is 11.8 Å². The first-order valence-electron chi connectivity index (χ1n) is 4.57. The third kappa shape index (κ3) is 2.22. The Morgan fingerprint density at radius 2 is 2.40 bits per heavy atom. The number of nitrogens with two attached hydrogens (primary N) is 1. The van der Waals surface area contributed by atoms with Crippen molar-refractivity contribution in [1.82, 2.24) is 19.7 Å². The van der Waals surface area contributed by atoms with Gasteiger partial charge in [-0.25, -0.2) is 4.98 Å². The lowest BCUT2D eigenvalue weighted by Gasteiger charge is -1.99. The van der Waals surface area contributed by atoms with E-state index in [0.717, 1.165) is 6.54 Å². The molecule has 0 unspecified atom stereocenters. The van der Waals surface area contributed by atoms with E-state index in [2.05, 4.69) is 15.1 Å². The Kier molecular flexibility index (Phi) is 2.49. The lowest BCUT2D eigenvalue weighted by atomic mass is 10.6. The molecule has 2 aromatic rings. The Morgan fingerprint density at radius 3 is 3.07 bits per heavy atom. The Labute approximate surface area is 86.7 Å². The van der Waals surface area contributed by atoms with Crippen molar-refractivity contribution in [3.63, 3.8) is 0 Å². The molecule has 0 spiro atoms. The average molecular weight is 205 g/mol. The quantitative estimate of drug-likeness (QED) is 0.810. The summed E-state index contributed by atoms with van der Waals surface area (Å²) in [5.74, 6) is 0.977. The number of hydrogen-bond donors (Lipinski definition) is 1. The molecule has 2 aromatic heterocycles. The normalized spacial score (nSPS) is 10.2. The summed E-state index contributed by atoms with van der Waals surface area (Å²) in [5.41, 5.74) is 5.49. The molecule has 15 heavy (non-hydrogen) atoms. The molecule has 0 atom stereocenters. The molecule has 0 fully saturated rings. The van der Waals surface area contributed by atoms with Crippen LogP contribution in [-0.4, -0.2) is 19.7 Å². The standard InChI is InChI=1S/C9H11N5O/c1-2-14-6-7(5-12-14)15-9-11-4-3-8(10)13-9/h3-6H,2H2,1H3,(H2,10,11,13). The van der Waals surface area contributed by atoms with Crippen molar-refractivity contribution >= 4 is 5.82 Å². The van der Waals surface area contributed by atoms with Crippen LogP contribution in [0.25, 0.3) is 0 Å². The lowest BCUT2D eigenvalue weighted by Crippen LogP contribution is -1.95. The molecule has 78 valence electrons. The van der Waals surface area contributed by atoms with E-state index in [1.54, 1.807) is 29.3 Å². The Hall–Kier alpha value is -2.11. The van der Waals surface area contributed by atoms with Crippen molar-refractivity contribution < 1.29 is 4.74 Å². The first-order valence-corrected chi connectivity index (χ1v) is 4.57. The van der Waals surface area contributed by atoms with Crippen LogP contribution in [0.3, 0.4) is 0 Å². The minimum absolute atomic E-state index is 0.227. The molecule has 2 heterocycles. The van der Waals surface area contributed by atoms with E-state index >= 15 is 0 Å². The molecule has 0 saturated carbocycles. The fourth-order valence-electron chi connectivity index (χ4n) is 1.08. The van der Waals surface area contributed by atoms with Crippen LogP contribution < -0.4 is 10.5 Å². The van der Waals surface area contributed by atoms with E-state index in [-0.39, 0.29) is 6.01 Å². The Bertz CT molecular complexity index is 453. The van der Waals surface area contributed by atoms with Crippen molar-refractivity contribution in [2.24, 2.45) is 0 Å². The summed E-state index contributed by atoms with van der Waals surface area (Å²) in [6.07, 6.45) is 4.92. The highest BCUT2D eigenvalue weighted by molar-refractivity contribution is 5.28. The average Bonchev–Trinajstić information content (AvgIpc) is 2.65. The maximum absolute atomic E-state index is 5.49. The van der Waals surface area contributed by atoms with Gasteiger partial charge in [0, 0.05) is 12.7 Å². The molecule has 0 saturated heterocycles. The fourth-order valence-corrected chi connectivity index (χ4v) is 1.08. The van der Waals surface area contributed by atoms with E-state index in [0.29, 0.717) is 11.6 Å². The van der Waals surface area contributed by atoms with Crippen LogP contribution in [0.1, 0.15) is 6.92 Å². The van der Waals surface area contributed by atoms with Gasteiger partial charge in [-0.1, -0.05) is 0 Å². The molecule has 2 N–H and O–H groups in total. The smallest absolute Gasteiger partial charge is 0.323 e. The van der Waals surface area contributed by atoms with Crippen LogP contribution in [-0.2, 0) is 6.54 Å². The highest BCUT2D eigenvalue weighted by Gasteiger charge is 2.02. The Morgan fingerprint density at radius 1 is 1.53 bits per heavy atom. The summed E-state index contributed by atoms with van der Waals surface area (Å²) in [6, 6.07) is 1.83. The third-order valence-electron chi connectivity index (χ3n) is 1.80. The van der Waals surface area contributed by atoms with Crippen molar-refractivity contribution in [2.75, 3.05) is 5.73 Å². The molecular weight excluding hydrogens is 194 g/mol. The molecule has 0 amide bonds. The van der Waals surface area contributed by atoms with Crippen molar-refractivity contribution in [1.29, 1.82) is 0 Å². The van der Waals surface area contributed by atoms with Gasteiger partial charge < -0.3 is 10.5 Å². The summed E-state index contributed by atoms with van der Waals surface area (Å²) in [6.45, 7) is 2.79. The Balaban J connectivity index is 2.14. The summed E-state index contributed by atoms with van der Waals surface area (Å²) in [5, 5.41) is 4.06. The van der Waals surface area contributed by atoms with Gasteiger partial charge >= 0.3 is 6.01 Å². The fraction of sp³-hybridized carbons (Fsp3) is 0.222. The molecule has 0 radical (unpaired) electrons. The van der Waals surface area contributed by atoms with Gasteiger partial charge in [-0.15, -0.1) is 0 Å². The minimum Gasteiger partial charge on any atom is -0.421 e. The number of rotatable bonds is 3. The topological polar surface area (TPSA) is 78.9 Å². The van der Waals surface area contributed by atoms with Crippen LogP contribution in [0.15, 0.2) is 24.7 Å². The number of aryl methyl sites for hydroxylation is 1. The molecule has 6 nitrogen and oxygen atoms in total. The molecule has 0 aromatic carbocycles. The number of nitrogen functional groups attached to an aromatic ring is 1. The predicted octanol–water partition coefficient (Wildman–Crippen LogP) is 1.07. The van der Waals surface area contributed by atoms with Gasteiger partial charge in [0.1, 0.15) is 5.82 Å². The zero-order chi connectivity index (χ0) is 10.7. The van der Waals surface area contributed by atoms with E-state index < -0.39 is 0 Å². The zero-order valence-corrected chi connectivity index (χ0v) is 8.29. The first-order chi connectivity index (χ1) is 7.28. The van der Waals surface area contributed by atoms with Gasteiger partial charge in [-0.2, -0.15) is 10.1 Å². The zero-order valence-electron chi connectivity index (χ0n) is 8.29.